The first-order valence-electron chi connectivity index (χ1n) is 24.1. The van der Waals surface area contributed by atoms with Crippen molar-refractivity contribution in [3.05, 3.63) is 201 Å². The summed E-state index contributed by atoms with van der Waals surface area (Å²) >= 11 is 0. The van der Waals surface area contributed by atoms with Gasteiger partial charge < -0.3 is 20.9 Å². The minimum Gasteiger partial charge on any atom is -0.494 e. The van der Waals surface area contributed by atoms with E-state index in [1.54, 1.807) is 38.1 Å². The monoisotopic (exact) mass is 1120 g/mol. The average Bonchev–Trinajstić information content (AvgIpc) is 3.91. The molecule has 4 N–H and O–H groups in total. The van der Waals surface area contributed by atoms with Crippen molar-refractivity contribution in [3.8, 4) is 56.3 Å². The molecule has 0 aliphatic rings. The van der Waals surface area contributed by atoms with Crippen molar-refractivity contribution < 1.29 is 35.8 Å². The summed E-state index contributed by atoms with van der Waals surface area (Å²) in [6, 6.07) is 23.2. The quantitative estimate of drug-likeness (QED) is 0.122. The Morgan fingerprint density at radius 3 is 1.26 bits per heavy atom. The van der Waals surface area contributed by atoms with Crippen molar-refractivity contribution >= 4 is 45.0 Å². The molecule has 8 aromatic heterocycles. The van der Waals surface area contributed by atoms with Gasteiger partial charge in [0, 0.05) is 23.5 Å². The van der Waals surface area contributed by atoms with Crippen molar-refractivity contribution in [2.75, 3.05) is 25.7 Å². The summed E-state index contributed by atoms with van der Waals surface area (Å²) in [6.45, 7) is 3.46. The summed E-state index contributed by atoms with van der Waals surface area (Å²) in [4.78, 5) is 53.6. The van der Waals surface area contributed by atoms with Crippen LogP contribution >= 0.6 is 0 Å². The van der Waals surface area contributed by atoms with Crippen LogP contribution in [-0.2, 0) is 0 Å². The van der Waals surface area contributed by atoms with E-state index in [9.17, 15) is 35.9 Å². The summed E-state index contributed by atoms with van der Waals surface area (Å²) in [5.41, 5.74) is 14.7. The summed E-state index contributed by atoms with van der Waals surface area (Å²) in [6.07, 6.45) is 4.57. The van der Waals surface area contributed by atoms with E-state index in [1.807, 2.05) is 0 Å². The number of ether oxygens (including phenoxy) is 2. The number of aromatic nitrogens is 12. The predicted molar refractivity (Wildman–Crippen MR) is 298 cm³/mol. The SMILES string of the molecule is C.C.COc1ccc(-c2nn([C@@H](C)c3nc4ccc(F)cn4c(=O)c3-c3cccc(F)c3)c3ncnc(N)c23)cc1F.COc1ccc(-c2nn([C@H](C)c3nc4ccc(F)cn4c(=O)c3-c3cccc(F)c3)c3ncnc(N)c23)cc1F. The fourth-order valence-corrected chi connectivity index (χ4v) is 9.49. The largest absolute Gasteiger partial charge is 0.494 e. The molecule has 0 saturated heterocycles. The number of rotatable bonds is 10. The number of fused-ring (bicyclic) bond motifs is 4. The van der Waals surface area contributed by atoms with Crippen LogP contribution in [-0.4, -0.2) is 72.5 Å². The summed E-state index contributed by atoms with van der Waals surface area (Å²) < 4.78 is 101. The summed E-state index contributed by atoms with van der Waals surface area (Å²) in [7, 11) is 2.72. The molecule has 0 spiro atoms. The highest BCUT2D eigenvalue weighted by atomic mass is 19.1. The highest BCUT2D eigenvalue weighted by molar-refractivity contribution is 5.99. The normalized spacial score (nSPS) is 11.9. The minimum atomic E-state index is -0.769. The van der Waals surface area contributed by atoms with E-state index in [2.05, 4.69) is 29.9 Å². The zero-order valence-electron chi connectivity index (χ0n) is 42.3. The molecule has 12 rings (SSSR count). The number of hydrogen-bond donors (Lipinski definition) is 2. The molecule has 18 nitrogen and oxygen atoms in total. The van der Waals surface area contributed by atoms with Crippen LogP contribution in [0.5, 0.6) is 11.5 Å². The second kappa shape index (κ2) is 22.3. The van der Waals surface area contributed by atoms with Gasteiger partial charge in [-0.2, -0.15) is 10.2 Å². The van der Waals surface area contributed by atoms with Crippen LogP contribution in [0, 0.1) is 34.9 Å². The molecule has 0 aliphatic carbocycles. The van der Waals surface area contributed by atoms with Crippen LogP contribution in [0.3, 0.4) is 0 Å². The second-order valence-corrected chi connectivity index (χ2v) is 18.1. The number of pyridine rings is 2. The van der Waals surface area contributed by atoms with Crippen molar-refractivity contribution in [2.24, 2.45) is 0 Å². The van der Waals surface area contributed by atoms with E-state index in [1.165, 1.54) is 121 Å². The van der Waals surface area contributed by atoms with Crippen molar-refractivity contribution in [2.45, 2.75) is 40.8 Å². The molecule has 4 aromatic carbocycles. The summed E-state index contributed by atoms with van der Waals surface area (Å²) in [5.74, 6) is -3.25. The van der Waals surface area contributed by atoms with E-state index in [0.717, 1.165) is 21.2 Å². The van der Waals surface area contributed by atoms with Gasteiger partial charge in [-0.05, 0) is 110 Å². The van der Waals surface area contributed by atoms with E-state index in [0.29, 0.717) is 44.6 Å². The first kappa shape index (κ1) is 56.2. The molecular weight excluding hydrogens is 1070 g/mol. The standard InChI is InChI=1S/2C28H20F3N7O2.2CH4/c2*1-14(24-22(15-4-3-5-17(29)10-15)28(39)37-12-18(30)7-9-21(37)35-24)38-27-23(26(32)33-13-34-27)25(36-38)16-6-8-20(40-2)19(31)11-16;;/h2*3-14H,1-2H3,(H2,32,33,34);2*1H4/t2*14-;;/m10../s1. The Hall–Kier alpha value is -10.5. The Morgan fingerprint density at radius 2 is 0.890 bits per heavy atom. The molecule has 0 saturated carbocycles. The van der Waals surface area contributed by atoms with Crippen LogP contribution in [0.1, 0.15) is 52.2 Å². The predicted octanol–water partition coefficient (Wildman–Crippen LogP) is 10.8. The average molecular weight is 1120 g/mol. The zero-order chi connectivity index (χ0) is 56.3. The molecule has 12 aromatic rings. The van der Waals surface area contributed by atoms with Gasteiger partial charge in [0.25, 0.3) is 11.1 Å². The van der Waals surface area contributed by atoms with Crippen molar-refractivity contribution in [1.82, 2.24) is 58.3 Å². The molecule has 0 aliphatic heterocycles. The molecule has 0 unspecified atom stereocenters. The fraction of sp³-hybridized carbons (Fsp3) is 0.138. The zero-order valence-corrected chi connectivity index (χ0v) is 42.3. The van der Waals surface area contributed by atoms with Crippen LogP contribution in [0.4, 0.5) is 38.0 Å². The van der Waals surface area contributed by atoms with Gasteiger partial charge in [0.15, 0.2) is 34.4 Å². The van der Waals surface area contributed by atoms with Crippen molar-refractivity contribution in [1.29, 1.82) is 0 Å². The Bertz CT molecular complexity index is 4300. The van der Waals surface area contributed by atoms with Gasteiger partial charge in [-0.15, -0.1) is 0 Å². The lowest BCUT2D eigenvalue weighted by atomic mass is 10.0. The van der Waals surface area contributed by atoms with Gasteiger partial charge in [-0.25, -0.2) is 65.6 Å². The lowest BCUT2D eigenvalue weighted by molar-refractivity contribution is 0.386. The number of benzene rings is 4. The van der Waals surface area contributed by atoms with Gasteiger partial charge >= 0.3 is 0 Å². The second-order valence-electron chi connectivity index (χ2n) is 18.1. The third kappa shape index (κ3) is 9.89. The van der Waals surface area contributed by atoms with Gasteiger partial charge in [0.2, 0.25) is 0 Å². The van der Waals surface area contributed by atoms with Gasteiger partial charge in [0.05, 0.1) is 59.6 Å². The lowest BCUT2D eigenvalue weighted by Crippen LogP contribution is -2.23. The Morgan fingerprint density at radius 1 is 0.488 bits per heavy atom. The number of anilines is 2. The first-order chi connectivity index (χ1) is 38.5. The topological polar surface area (TPSA) is 226 Å². The van der Waals surface area contributed by atoms with Crippen LogP contribution < -0.4 is 32.1 Å². The minimum absolute atomic E-state index is 0. The summed E-state index contributed by atoms with van der Waals surface area (Å²) in [5, 5.41) is 10.2. The van der Waals surface area contributed by atoms with Crippen LogP contribution in [0.25, 0.3) is 78.1 Å². The van der Waals surface area contributed by atoms with Gasteiger partial charge in [-0.3, -0.25) is 18.4 Å². The third-order valence-corrected chi connectivity index (χ3v) is 13.3. The maximum atomic E-state index is 14.6. The fourth-order valence-electron chi connectivity index (χ4n) is 9.49. The molecule has 0 amide bonds. The molecule has 8 heterocycles. The molecule has 0 fully saturated rings. The van der Waals surface area contributed by atoms with E-state index < -0.39 is 58.1 Å². The number of nitrogens with zero attached hydrogens (tertiary/aromatic N) is 12. The Balaban J connectivity index is 0.000000193. The highest BCUT2D eigenvalue weighted by Crippen LogP contribution is 2.38. The van der Waals surface area contributed by atoms with E-state index >= 15 is 0 Å². The number of nitrogen functional groups attached to an aromatic ring is 2. The lowest BCUT2D eigenvalue weighted by Gasteiger charge is -2.18. The van der Waals surface area contributed by atoms with Gasteiger partial charge in [-0.1, -0.05) is 39.1 Å². The number of halogens is 6. The molecular formula is C58H48F6N14O4. The smallest absolute Gasteiger partial charge is 0.266 e. The van der Waals surface area contributed by atoms with Crippen LogP contribution in [0.2, 0.25) is 0 Å². The van der Waals surface area contributed by atoms with E-state index in [-0.39, 0.29) is 82.9 Å². The maximum Gasteiger partial charge on any atom is 0.266 e. The number of methoxy groups -OCH3 is 2. The first-order valence-corrected chi connectivity index (χ1v) is 24.1. The third-order valence-electron chi connectivity index (χ3n) is 13.3. The Kier molecular flexibility index (Phi) is 15.3. The molecule has 24 heteroatoms. The molecule has 82 heavy (non-hydrogen) atoms. The molecule has 0 radical (unpaired) electrons. The Labute approximate surface area is 461 Å². The number of hydrogen-bond acceptors (Lipinski definition) is 14. The van der Waals surface area contributed by atoms with Gasteiger partial charge in [0.1, 0.15) is 70.2 Å². The molecule has 0 bridgehead atoms. The van der Waals surface area contributed by atoms with Crippen LogP contribution in [0.15, 0.2) is 144 Å². The highest BCUT2D eigenvalue weighted by Gasteiger charge is 2.29. The van der Waals surface area contributed by atoms with Crippen molar-refractivity contribution in [3.63, 3.8) is 0 Å². The van der Waals surface area contributed by atoms with E-state index in [4.69, 9.17) is 31.1 Å². The number of nitrogens with two attached hydrogens (primary N) is 2. The molecule has 2 atom stereocenters. The molecule has 416 valence electrons. The maximum absolute atomic E-state index is 14.6.